The molecule has 1 N–H and O–H groups in total. The summed E-state index contributed by atoms with van der Waals surface area (Å²) < 4.78 is 10.2. The SMILES string of the molecule is COc1ccc2c(n1)C=CC(OC)N2. The minimum atomic E-state index is -0.0716. The molecule has 4 heteroatoms. The highest BCUT2D eigenvalue weighted by Gasteiger charge is 2.12. The average Bonchev–Trinajstić information content (AvgIpc) is 2.27. The Bertz CT molecular complexity index is 363. The molecule has 0 spiro atoms. The number of anilines is 1. The van der Waals surface area contributed by atoms with Crippen LogP contribution in [0.25, 0.3) is 6.08 Å². The van der Waals surface area contributed by atoms with Gasteiger partial charge in [0.1, 0.15) is 6.23 Å². The number of hydrogen-bond donors (Lipinski definition) is 1. The van der Waals surface area contributed by atoms with Gasteiger partial charge in [-0.1, -0.05) is 0 Å². The van der Waals surface area contributed by atoms with Gasteiger partial charge in [-0.15, -0.1) is 0 Å². The summed E-state index contributed by atoms with van der Waals surface area (Å²) in [7, 11) is 3.26. The highest BCUT2D eigenvalue weighted by atomic mass is 16.5. The van der Waals surface area contributed by atoms with Crippen LogP contribution < -0.4 is 10.1 Å². The first-order chi connectivity index (χ1) is 6.83. The first kappa shape index (κ1) is 9.02. The Balaban J connectivity index is 2.31. The van der Waals surface area contributed by atoms with Crippen LogP contribution in [0.4, 0.5) is 5.69 Å². The van der Waals surface area contributed by atoms with Crippen molar-refractivity contribution in [3.05, 3.63) is 23.9 Å². The summed E-state index contributed by atoms with van der Waals surface area (Å²) in [5.41, 5.74) is 1.83. The summed E-state index contributed by atoms with van der Waals surface area (Å²) in [6.45, 7) is 0. The third-order valence-electron chi connectivity index (χ3n) is 2.09. The van der Waals surface area contributed by atoms with E-state index < -0.39 is 0 Å². The van der Waals surface area contributed by atoms with Crippen LogP contribution in [0.15, 0.2) is 18.2 Å². The first-order valence-corrected chi connectivity index (χ1v) is 4.36. The fourth-order valence-corrected chi connectivity index (χ4v) is 1.34. The lowest BCUT2D eigenvalue weighted by Gasteiger charge is -2.20. The molecular formula is C10H12N2O2. The van der Waals surface area contributed by atoms with E-state index in [1.807, 2.05) is 24.3 Å². The number of pyridine rings is 1. The highest BCUT2D eigenvalue weighted by Crippen LogP contribution is 2.23. The molecule has 0 bridgehead atoms. The van der Waals surface area contributed by atoms with Gasteiger partial charge in [-0.05, 0) is 18.2 Å². The zero-order valence-corrected chi connectivity index (χ0v) is 8.15. The summed E-state index contributed by atoms with van der Waals surface area (Å²) in [5.74, 6) is 0.617. The largest absolute Gasteiger partial charge is 0.481 e. The molecule has 1 unspecified atom stereocenters. The van der Waals surface area contributed by atoms with E-state index >= 15 is 0 Å². The molecule has 0 amide bonds. The Morgan fingerprint density at radius 1 is 1.36 bits per heavy atom. The number of hydrogen-bond acceptors (Lipinski definition) is 4. The van der Waals surface area contributed by atoms with Crippen LogP contribution in [-0.2, 0) is 4.74 Å². The van der Waals surface area contributed by atoms with E-state index in [0.717, 1.165) is 11.4 Å². The van der Waals surface area contributed by atoms with Crippen LogP contribution in [0.2, 0.25) is 0 Å². The van der Waals surface area contributed by atoms with Gasteiger partial charge in [-0.3, -0.25) is 0 Å². The number of methoxy groups -OCH3 is 2. The number of nitrogens with zero attached hydrogens (tertiary/aromatic N) is 1. The third kappa shape index (κ3) is 1.56. The van der Waals surface area contributed by atoms with E-state index in [-0.39, 0.29) is 6.23 Å². The summed E-state index contributed by atoms with van der Waals surface area (Å²) >= 11 is 0. The zero-order chi connectivity index (χ0) is 9.97. The maximum Gasteiger partial charge on any atom is 0.213 e. The van der Waals surface area contributed by atoms with Gasteiger partial charge in [0.15, 0.2) is 0 Å². The predicted molar refractivity (Wildman–Crippen MR) is 54.2 cm³/mol. The van der Waals surface area contributed by atoms with Gasteiger partial charge in [-0.25, -0.2) is 4.98 Å². The van der Waals surface area contributed by atoms with E-state index in [1.54, 1.807) is 14.2 Å². The second-order valence-corrected chi connectivity index (χ2v) is 2.95. The Kier molecular flexibility index (Phi) is 2.37. The van der Waals surface area contributed by atoms with Crippen molar-refractivity contribution in [3.63, 3.8) is 0 Å². The lowest BCUT2D eigenvalue weighted by molar-refractivity contribution is 0.163. The van der Waals surface area contributed by atoms with E-state index in [0.29, 0.717) is 5.88 Å². The van der Waals surface area contributed by atoms with Crippen molar-refractivity contribution in [3.8, 4) is 5.88 Å². The van der Waals surface area contributed by atoms with Crippen LogP contribution in [0.3, 0.4) is 0 Å². The topological polar surface area (TPSA) is 43.4 Å². The minimum Gasteiger partial charge on any atom is -0.481 e. The van der Waals surface area contributed by atoms with Crippen LogP contribution in [0.1, 0.15) is 5.69 Å². The van der Waals surface area contributed by atoms with Crippen molar-refractivity contribution in [2.45, 2.75) is 6.23 Å². The molecule has 2 rings (SSSR count). The normalized spacial score (nSPS) is 18.6. The second kappa shape index (κ2) is 3.67. The highest BCUT2D eigenvalue weighted by molar-refractivity contribution is 5.67. The summed E-state index contributed by atoms with van der Waals surface area (Å²) in [6, 6.07) is 3.74. The van der Waals surface area contributed by atoms with Crippen molar-refractivity contribution in [2.75, 3.05) is 19.5 Å². The van der Waals surface area contributed by atoms with Gasteiger partial charge in [0.25, 0.3) is 0 Å². The molecule has 4 nitrogen and oxygen atoms in total. The minimum absolute atomic E-state index is 0.0716. The van der Waals surface area contributed by atoms with Gasteiger partial charge < -0.3 is 14.8 Å². The van der Waals surface area contributed by atoms with Gasteiger partial charge in [0.05, 0.1) is 18.5 Å². The molecule has 1 aliphatic rings. The first-order valence-electron chi connectivity index (χ1n) is 4.36. The van der Waals surface area contributed by atoms with Crippen LogP contribution in [0, 0.1) is 0 Å². The van der Waals surface area contributed by atoms with Gasteiger partial charge in [-0.2, -0.15) is 0 Å². The molecule has 0 saturated carbocycles. The smallest absolute Gasteiger partial charge is 0.213 e. The average molecular weight is 192 g/mol. The Morgan fingerprint density at radius 3 is 2.93 bits per heavy atom. The Hall–Kier alpha value is -1.55. The summed E-state index contributed by atoms with van der Waals surface area (Å²) in [4.78, 5) is 4.27. The summed E-state index contributed by atoms with van der Waals surface area (Å²) in [5, 5.41) is 3.17. The Labute approximate surface area is 82.6 Å². The number of nitrogens with one attached hydrogen (secondary N) is 1. The monoisotopic (exact) mass is 192 g/mol. The molecule has 1 aliphatic heterocycles. The molecule has 0 aromatic carbocycles. The lowest BCUT2D eigenvalue weighted by atomic mass is 10.2. The van der Waals surface area contributed by atoms with Gasteiger partial charge in [0.2, 0.25) is 5.88 Å². The van der Waals surface area contributed by atoms with Crippen molar-refractivity contribution in [2.24, 2.45) is 0 Å². The van der Waals surface area contributed by atoms with Crippen molar-refractivity contribution >= 4 is 11.8 Å². The quantitative estimate of drug-likeness (QED) is 0.771. The lowest BCUT2D eigenvalue weighted by Crippen LogP contribution is -2.22. The van der Waals surface area contributed by atoms with Crippen LogP contribution >= 0.6 is 0 Å². The fourth-order valence-electron chi connectivity index (χ4n) is 1.34. The molecule has 1 atom stereocenters. The van der Waals surface area contributed by atoms with E-state index in [2.05, 4.69) is 10.3 Å². The molecule has 0 aliphatic carbocycles. The molecule has 14 heavy (non-hydrogen) atoms. The van der Waals surface area contributed by atoms with E-state index in [9.17, 15) is 0 Å². The standard InChI is InChI=1S/C10H12N2O2/c1-13-9-5-3-8-7(11-9)4-6-10(12-8)14-2/h3-6,9,11H,1-2H3. The number of aromatic nitrogens is 1. The molecule has 1 aromatic rings. The number of fused-ring (bicyclic) bond motifs is 1. The van der Waals surface area contributed by atoms with E-state index in [1.165, 1.54) is 0 Å². The fraction of sp³-hybridized carbons (Fsp3) is 0.300. The predicted octanol–water partition coefficient (Wildman–Crippen LogP) is 1.50. The molecule has 1 aromatic heterocycles. The maximum absolute atomic E-state index is 5.15. The molecular weight excluding hydrogens is 180 g/mol. The summed E-state index contributed by atoms with van der Waals surface area (Å²) in [6.07, 6.45) is 3.76. The number of rotatable bonds is 2. The maximum atomic E-state index is 5.15. The van der Waals surface area contributed by atoms with E-state index in [4.69, 9.17) is 9.47 Å². The van der Waals surface area contributed by atoms with Crippen LogP contribution in [-0.4, -0.2) is 25.4 Å². The van der Waals surface area contributed by atoms with Crippen molar-refractivity contribution in [1.29, 1.82) is 0 Å². The van der Waals surface area contributed by atoms with Gasteiger partial charge >= 0.3 is 0 Å². The zero-order valence-electron chi connectivity index (χ0n) is 8.15. The molecule has 0 saturated heterocycles. The molecule has 74 valence electrons. The molecule has 2 heterocycles. The van der Waals surface area contributed by atoms with Gasteiger partial charge in [0, 0.05) is 13.2 Å². The third-order valence-corrected chi connectivity index (χ3v) is 2.09. The second-order valence-electron chi connectivity index (χ2n) is 2.95. The van der Waals surface area contributed by atoms with Crippen LogP contribution in [0.5, 0.6) is 5.88 Å². The van der Waals surface area contributed by atoms with Crippen molar-refractivity contribution in [1.82, 2.24) is 4.98 Å². The molecule has 0 radical (unpaired) electrons. The Morgan fingerprint density at radius 2 is 2.21 bits per heavy atom. The molecule has 0 fully saturated rings. The number of ether oxygens (including phenoxy) is 2. The van der Waals surface area contributed by atoms with Crippen molar-refractivity contribution < 1.29 is 9.47 Å².